The first-order valence-corrected chi connectivity index (χ1v) is 10.7. The summed E-state index contributed by atoms with van der Waals surface area (Å²) in [5.74, 6) is 0.709. The van der Waals surface area contributed by atoms with Crippen LogP contribution in [0.25, 0.3) is 20.7 Å². The highest BCUT2D eigenvalue weighted by atomic mass is 32.1. The highest BCUT2D eigenvalue weighted by molar-refractivity contribution is 7.21. The maximum atomic E-state index is 12.6. The van der Waals surface area contributed by atoms with Gasteiger partial charge < -0.3 is 15.2 Å². The molecule has 1 saturated heterocycles. The number of carbonyl (C=O) groups excluding carboxylic acids is 1. The van der Waals surface area contributed by atoms with Crippen LogP contribution < -0.4 is 15.8 Å². The van der Waals surface area contributed by atoms with E-state index in [9.17, 15) is 9.59 Å². The zero-order chi connectivity index (χ0) is 20.5. The number of fused-ring (bicyclic) bond motifs is 1. The second-order valence-corrected chi connectivity index (χ2v) is 8.26. The van der Waals surface area contributed by atoms with Gasteiger partial charge in [-0.2, -0.15) is 0 Å². The highest BCUT2D eigenvalue weighted by Crippen LogP contribution is 2.31. The number of benzene rings is 2. The van der Waals surface area contributed by atoms with Crippen LogP contribution in [0.2, 0.25) is 0 Å². The van der Waals surface area contributed by atoms with Crippen molar-refractivity contribution in [2.45, 2.75) is 19.4 Å². The van der Waals surface area contributed by atoms with Crippen molar-refractivity contribution in [3.63, 3.8) is 0 Å². The topological polar surface area (TPSA) is 78.1 Å². The molecule has 2 N–H and O–H groups in total. The zero-order valence-electron chi connectivity index (χ0n) is 16.2. The van der Waals surface area contributed by atoms with E-state index in [2.05, 4.69) is 15.3 Å². The lowest BCUT2D eigenvalue weighted by atomic mass is 10.2. The quantitative estimate of drug-likeness (QED) is 0.506. The minimum absolute atomic E-state index is 0.141. The number of aromatic nitrogens is 2. The van der Waals surface area contributed by atoms with Crippen LogP contribution in [-0.2, 0) is 11.3 Å². The predicted molar refractivity (Wildman–Crippen MR) is 121 cm³/mol. The van der Waals surface area contributed by atoms with Crippen LogP contribution in [0.1, 0.15) is 18.7 Å². The van der Waals surface area contributed by atoms with E-state index in [4.69, 9.17) is 0 Å². The summed E-state index contributed by atoms with van der Waals surface area (Å²) >= 11 is 1.51. The monoisotopic (exact) mass is 416 g/mol. The summed E-state index contributed by atoms with van der Waals surface area (Å²) in [5.41, 5.74) is 2.65. The van der Waals surface area contributed by atoms with Crippen molar-refractivity contribution < 1.29 is 4.79 Å². The number of anilines is 2. The number of carbonyl (C=O) groups is 1. The van der Waals surface area contributed by atoms with Crippen LogP contribution in [0.5, 0.6) is 0 Å². The molecule has 0 unspecified atom stereocenters. The maximum Gasteiger partial charge on any atom is 0.259 e. The zero-order valence-corrected chi connectivity index (χ0v) is 17.0. The molecule has 30 heavy (non-hydrogen) atoms. The van der Waals surface area contributed by atoms with E-state index in [0.717, 1.165) is 39.6 Å². The minimum atomic E-state index is -0.141. The summed E-state index contributed by atoms with van der Waals surface area (Å²) in [6.07, 6.45) is 1.46. The molecule has 2 aromatic carbocycles. The first-order valence-electron chi connectivity index (χ1n) is 9.90. The Hall–Kier alpha value is -3.45. The van der Waals surface area contributed by atoms with Gasteiger partial charge in [0.05, 0.1) is 23.3 Å². The molecule has 4 aromatic rings. The minimum Gasteiger partial charge on any atom is -0.376 e. The maximum absolute atomic E-state index is 12.6. The molecular formula is C23H20N4O2S. The van der Waals surface area contributed by atoms with E-state index < -0.39 is 0 Å². The Morgan fingerprint density at radius 2 is 1.87 bits per heavy atom. The second kappa shape index (κ2) is 7.76. The number of rotatable bonds is 5. The third-order valence-electron chi connectivity index (χ3n) is 5.22. The van der Waals surface area contributed by atoms with Gasteiger partial charge in [-0.15, -0.1) is 11.3 Å². The summed E-state index contributed by atoms with van der Waals surface area (Å²) in [6.45, 7) is 1.10. The first kappa shape index (κ1) is 18.6. The molecule has 1 fully saturated rings. The molecule has 1 aliphatic heterocycles. The van der Waals surface area contributed by atoms with Gasteiger partial charge in [0.15, 0.2) is 0 Å². The first-order chi connectivity index (χ1) is 14.7. The third-order valence-corrected chi connectivity index (χ3v) is 6.30. The molecule has 0 aliphatic carbocycles. The summed E-state index contributed by atoms with van der Waals surface area (Å²) in [7, 11) is 0. The molecule has 1 aliphatic rings. The van der Waals surface area contributed by atoms with Crippen LogP contribution in [-0.4, -0.2) is 22.4 Å². The lowest BCUT2D eigenvalue weighted by molar-refractivity contribution is -0.117. The average Bonchev–Trinajstić information content (AvgIpc) is 3.40. The number of H-pyrrole nitrogens is 1. The fourth-order valence-electron chi connectivity index (χ4n) is 3.74. The summed E-state index contributed by atoms with van der Waals surface area (Å²) < 4.78 is 0. The van der Waals surface area contributed by atoms with Gasteiger partial charge in [0.25, 0.3) is 5.56 Å². The van der Waals surface area contributed by atoms with Gasteiger partial charge in [-0.3, -0.25) is 9.59 Å². The average molecular weight is 417 g/mol. The molecule has 1 amide bonds. The predicted octanol–water partition coefficient (Wildman–Crippen LogP) is 4.39. The van der Waals surface area contributed by atoms with Crippen LogP contribution in [0.3, 0.4) is 0 Å². The molecule has 2 aromatic heterocycles. The summed E-state index contributed by atoms with van der Waals surface area (Å²) in [5, 5.41) is 3.94. The Morgan fingerprint density at radius 3 is 2.67 bits per heavy atom. The van der Waals surface area contributed by atoms with Gasteiger partial charge in [0.1, 0.15) is 10.7 Å². The van der Waals surface area contributed by atoms with Crippen molar-refractivity contribution in [1.29, 1.82) is 0 Å². The van der Waals surface area contributed by atoms with E-state index >= 15 is 0 Å². The normalized spacial score (nSPS) is 13.9. The molecule has 0 radical (unpaired) electrons. The van der Waals surface area contributed by atoms with E-state index in [-0.39, 0.29) is 11.5 Å². The summed E-state index contributed by atoms with van der Waals surface area (Å²) in [4.78, 5) is 35.8. The van der Waals surface area contributed by atoms with Crippen molar-refractivity contribution in [2.75, 3.05) is 16.8 Å². The largest absolute Gasteiger partial charge is 0.376 e. The van der Waals surface area contributed by atoms with Gasteiger partial charge >= 0.3 is 0 Å². The molecule has 0 bridgehead atoms. The second-order valence-electron chi connectivity index (χ2n) is 7.23. The number of hydrogen-bond donors (Lipinski definition) is 2. The molecule has 150 valence electrons. The number of aromatic amines is 1. The molecule has 0 saturated carbocycles. The molecule has 0 spiro atoms. The number of hydrogen-bond acceptors (Lipinski definition) is 5. The number of amides is 1. The Balaban J connectivity index is 1.42. The highest BCUT2D eigenvalue weighted by Gasteiger charge is 2.23. The van der Waals surface area contributed by atoms with Crippen molar-refractivity contribution in [3.8, 4) is 10.4 Å². The van der Waals surface area contributed by atoms with Gasteiger partial charge in [-0.1, -0.05) is 42.5 Å². The van der Waals surface area contributed by atoms with E-state index in [1.54, 1.807) is 0 Å². The molecule has 0 atom stereocenters. The van der Waals surface area contributed by atoms with Gasteiger partial charge in [-0.05, 0) is 30.2 Å². The van der Waals surface area contributed by atoms with Gasteiger partial charge in [0.2, 0.25) is 5.91 Å². The Kier molecular flexibility index (Phi) is 4.80. The standard InChI is InChI=1S/C23H20N4O2S/c28-21-11-6-12-27(21)18-10-5-4-9-17(18)24-14-20-25-22(29)16-13-19(30-23(16)26-20)15-7-2-1-3-8-15/h1-5,7-10,13,24H,6,11-12,14H2,(H,25,26,29). The number of thiophene rings is 1. The van der Waals surface area contributed by atoms with Crippen molar-refractivity contribution in [3.05, 3.63) is 76.8 Å². The van der Waals surface area contributed by atoms with Gasteiger partial charge in [-0.25, -0.2) is 4.98 Å². The van der Waals surface area contributed by atoms with E-state index in [0.29, 0.717) is 24.2 Å². The van der Waals surface area contributed by atoms with Gasteiger partial charge in [0, 0.05) is 17.8 Å². The van der Waals surface area contributed by atoms with Crippen LogP contribution in [0.15, 0.2) is 65.5 Å². The van der Waals surface area contributed by atoms with Crippen molar-refractivity contribution >= 4 is 38.8 Å². The molecular weight excluding hydrogens is 396 g/mol. The van der Waals surface area contributed by atoms with Crippen molar-refractivity contribution in [1.82, 2.24) is 9.97 Å². The lowest BCUT2D eigenvalue weighted by Crippen LogP contribution is -2.25. The lowest BCUT2D eigenvalue weighted by Gasteiger charge is -2.20. The Morgan fingerprint density at radius 1 is 1.07 bits per heavy atom. The van der Waals surface area contributed by atoms with Crippen LogP contribution in [0.4, 0.5) is 11.4 Å². The number of nitrogens with one attached hydrogen (secondary N) is 2. The van der Waals surface area contributed by atoms with Crippen LogP contribution >= 0.6 is 11.3 Å². The molecule has 7 heteroatoms. The molecule has 5 rings (SSSR count). The summed E-state index contributed by atoms with van der Waals surface area (Å²) in [6, 6.07) is 19.6. The van der Waals surface area contributed by atoms with E-state index in [1.165, 1.54) is 11.3 Å². The van der Waals surface area contributed by atoms with E-state index in [1.807, 2.05) is 65.6 Å². The fourth-order valence-corrected chi connectivity index (χ4v) is 4.80. The number of para-hydroxylation sites is 2. The van der Waals surface area contributed by atoms with Crippen molar-refractivity contribution in [2.24, 2.45) is 0 Å². The smallest absolute Gasteiger partial charge is 0.259 e. The Bertz CT molecular complexity index is 1280. The third kappa shape index (κ3) is 3.48. The molecule has 6 nitrogen and oxygen atoms in total. The fraction of sp³-hybridized carbons (Fsp3) is 0.174. The molecule has 3 heterocycles. The SMILES string of the molecule is O=C1CCCN1c1ccccc1NCc1nc2sc(-c3ccccc3)cc2c(=O)[nH]1. The van der Waals surface area contributed by atoms with Crippen LogP contribution in [0, 0.1) is 0 Å². The number of nitrogens with zero attached hydrogens (tertiary/aromatic N) is 2. The Labute approximate surface area is 177 Å².